The van der Waals surface area contributed by atoms with Crippen LogP contribution >= 0.6 is 0 Å². The zero-order valence-electron chi connectivity index (χ0n) is 13.1. The molecule has 0 bridgehead atoms. The van der Waals surface area contributed by atoms with Crippen LogP contribution in [0.1, 0.15) is 16.1 Å². The Morgan fingerprint density at radius 1 is 1.04 bits per heavy atom. The van der Waals surface area contributed by atoms with E-state index in [1.807, 2.05) is 6.07 Å². The van der Waals surface area contributed by atoms with Gasteiger partial charge in [0.2, 0.25) is 0 Å². The Balaban J connectivity index is 1.82. The van der Waals surface area contributed by atoms with E-state index in [1.165, 1.54) is 6.26 Å². The summed E-state index contributed by atoms with van der Waals surface area (Å²) in [5.41, 5.74) is 0.665. The highest BCUT2D eigenvalue weighted by molar-refractivity contribution is 6.05. The van der Waals surface area contributed by atoms with Crippen LogP contribution in [0.4, 0.5) is 0 Å². The molecule has 2 heterocycles. The molecule has 0 aliphatic carbocycles. The minimum atomic E-state index is -0.338. The van der Waals surface area contributed by atoms with Crippen LogP contribution in [0.25, 0.3) is 6.08 Å². The number of nitrogens with one attached hydrogen (secondary N) is 1. The summed E-state index contributed by atoms with van der Waals surface area (Å²) in [5, 5.41) is 2.70. The van der Waals surface area contributed by atoms with Gasteiger partial charge in [-0.2, -0.15) is 0 Å². The first-order valence-electron chi connectivity index (χ1n) is 7.72. The zero-order chi connectivity index (χ0) is 16.8. The van der Waals surface area contributed by atoms with Crippen LogP contribution in [-0.4, -0.2) is 43.0 Å². The summed E-state index contributed by atoms with van der Waals surface area (Å²) in [7, 11) is 0. The first-order valence-corrected chi connectivity index (χ1v) is 7.72. The summed E-state index contributed by atoms with van der Waals surface area (Å²) < 4.78 is 10.5. The molecule has 1 aromatic carbocycles. The summed E-state index contributed by atoms with van der Waals surface area (Å²) in [4.78, 5) is 26.8. The largest absolute Gasteiger partial charge is 0.465 e. The number of amides is 2. The van der Waals surface area contributed by atoms with Crippen molar-refractivity contribution in [2.45, 2.75) is 0 Å². The molecule has 2 aromatic rings. The van der Waals surface area contributed by atoms with E-state index in [1.54, 1.807) is 47.4 Å². The van der Waals surface area contributed by atoms with Crippen LogP contribution in [0.3, 0.4) is 0 Å². The average molecular weight is 326 g/mol. The van der Waals surface area contributed by atoms with Crippen molar-refractivity contribution >= 4 is 17.9 Å². The normalized spacial score (nSPS) is 15.2. The van der Waals surface area contributed by atoms with Gasteiger partial charge in [0.1, 0.15) is 11.5 Å². The van der Waals surface area contributed by atoms with E-state index in [9.17, 15) is 9.59 Å². The van der Waals surface area contributed by atoms with Crippen LogP contribution < -0.4 is 5.32 Å². The lowest BCUT2D eigenvalue weighted by Crippen LogP contribution is -2.44. The van der Waals surface area contributed by atoms with Gasteiger partial charge < -0.3 is 19.4 Å². The minimum Gasteiger partial charge on any atom is -0.465 e. The maximum Gasteiger partial charge on any atom is 0.270 e. The molecule has 1 aliphatic heterocycles. The number of carbonyl (C=O) groups excluding carboxylic acids is 2. The summed E-state index contributed by atoms with van der Waals surface area (Å²) >= 11 is 0. The molecule has 2 amide bonds. The Kier molecular flexibility index (Phi) is 5.08. The predicted molar refractivity (Wildman–Crippen MR) is 88.0 cm³/mol. The Bertz CT molecular complexity index is 717. The molecule has 0 unspecified atom stereocenters. The van der Waals surface area contributed by atoms with E-state index in [0.29, 0.717) is 37.6 Å². The van der Waals surface area contributed by atoms with Crippen molar-refractivity contribution in [3.63, 3.8) is 0 Å². The number of hydrogen-bond donors (Lipinski definition) is 1. The second-order valence-electron chi connectivity index (χ2n) is 5.30. The Morgan fingerprint density at radius 2 is 1.79 bits per heavy atom. The van der Waals surface area contributed by atoms with Crippen LogP contribution in [0.15, 0.2) is 58.8 Å². The molecule has 1 aliphatic rings. The summed E-state index contributed by atoms with van der Waals surface area (Å²) in [5.74, 6) is -0.0889. The third-order valence-electron chi connectivity index (χ3n) is 3.64. The van der Waals surface area contributed by atoms with Gasteiger partial charge in [0.05, 0.1) is 19.5 Å². The van der Waals surface area contributed by atoms with Gasteiger partial charge in [-0.3, -0.25) is 9.59 Å². The number of morpholine rings is 1. The van der Waals surface area contributed by atoms with Crippen LogP contribution in [-0.2, 0) is 9.53 Å². The fraction of sp³-hybridized carbons (Fsp3) is 0.222. The van der Waals surface area contributed by atoms with Gasteiger partial charge >= 0.3 is 0 Å². The second-order valence-corrected chi connectivity index (χ2v) is 5.30. The quantitative estimate of drug-likeness (QED) is 0.871. The standard InChI is InChI=1S/C18H18N2O4/c21-17(14-5-2-1-3-6-14)19-16(13-15-7-4-10-24-15)18(22)20-8-11-23-12-9-20/h1-7,10,13H,8-9,11-12H2,(H,19,21)/b16-13-. The second kappa shape index (κ2) is 7.61. The molecule has 0 atom stereocenters. The maximum atomic E-state index is 12.7. The highest BCUT2D eigenvalue weighted by atomic mass is 16.5. The highest BCUT2D eigenvalue weighted by Gasteiger charge is 2.22. The van der Waals surface area contributed by atoms with Gasteiger partial charge in [-0.05, 0) is 24.3 Å². The van der Waals surface area contributed by atoms with E-state index >= 15 is 0 Å². The van der Waals surface area contributed by atoms with Crippen LogP contribution in [0.2, 0.25) is 0 Å². The van der Waals surface area contributed by atoms with Crippen molar-refractivity contribution in [3.8, 4) is 0 Å². The molecule has 0 spiro atoms. The maximum absolute atomic E-state index is 12.7. The van der Waals surface area contributed by atoms with E-state index in [0.717, 1.165) is 0 Å². The van der Waals surface area contributed by atoms with Gasteiger partial charge in [0, 0.05) is 24.7 Å². The molecule has 0 saturated carbocycles. The number of rotatable bonds is 4. The van der Waals surface area contributed by atoms with Gasteiger partial charge in [-0.25, -0.2) is 0 Å². The number of furan rings is 1. The summed E-state index contributed by atoms with van der Waals surface area (Å²) in [6.45, 7) is 1.98. The Hall–Kier alpha value is -2.86. The number of nitrogens with zero attached hydrogens (tertiary/aromatic N) is 1. The van der Waals surface area contributed by atoms with Crippen molar-refractivity contribution in [2.24, 2.45) is 0 Å². The zero-order valence-corrected chi connectivity index (χ0v) is 13.1. The van der Waals surface area contributed by atoms with Crippen LogP contribution in [0, 0.1) is 0 Å². The van der Waals surface area contributed by atoms with Crippen LogP contribution in [0.5, 0.6) is 0 Å². The van der Waals surface area contributed by atoms with Gasteiger partial charge in [0.15, 0.2) is 0 Å². The molecule has 24 heavy (non-hydrogen) atoms. The lowest BCUT2D eigenvalue weighted by atomic mass is 10.2. The SMILES string of the molecule is O=C(N/C(=C\c1ccco1)C(=O)N1CCOCC1)c1ccccc1. The number of ether oxygens (including phenoxy) is 1. The molecule has 1 fully saturated rings. The van der Waals surface area contributed by atoms with Crippen molar-refractivity contribution < 1.29 is 18.7 Å². The molecular weight excluding hydrogens is 308 g/mol. The fourth-order valence-electron chi connectivity index (χ4n) is 2.39. The van der Waals surface area contributed by atoms with E-state index in [-0.39, 0.29) is 17.5 Å². The van der Waals surface area contributed by atoms with E-state index < -0.39 is 0 Å². The van der Waals surface area contributed by atoms with Gasteiger partial charge in [-0.15, -0.1) is 0 Å². The molecule has 1 N–H and O–H groups in total. The predicted octanol–water partition coefficient (Wildman–Crippen LogP) is 1.91. The lowest BCUT2D eigenvalue weighted by molar-refractivity contribution is -0.131. The number of carbonyl (C=O) groups is 2. The monoisotopic (exact) mass is 326 g/mol. The average Bonchev–Trinajstić information content (AvgIpc) is 3.15. The molecule has 0 radical (unpaired) electrons. The lowest BCUT2D eigenvalue weighted by Gasteiger charge is -2.27. The van der Waals surface area contributed by atoms with Crippen molar-refractivity contribution in [3.05, 3.63) is 65.7 Å². The van der Waals surface area contributed by atoms with E-state index in [2.05, 4.69) is 5.32 Å². The molecule has 124 valence electrons. The van der Waals surface area contributed by atoms with Crippen molar-refractivity contribution in [2.75, 3.05) is 26.3 Å². The summed E-state index contributed by atoms with van der Waals surface area (Å²) in [6, 6.07) is 12.2. The topological polar surface area (TPSA) is 71.8 Å². The third kappa shape index (κ3) is 3.91. The molecule has 1 saturated heterocycles. The molecule has 1 aromatic heterocycles. The molecule has 3 rings (SSSR count). The van der Waals surface area contributed by atoms with E-state index in [4.69, 9.17) is 9.15 Å². The fourth-order valence-corrected chi connectivity index (χ4v) is 2.39. The van der Waals surface area contributed by atoms with Gasteiger partial charge in [-0.1, -0.05) is 18.2 Å². The Morgan fingerprint density at radius 3 is 2.46 bits per heavy atom. The first-order chi connectivity index (χ1) is 11.7. The highest BCUT2D eigenvalue weighted by Crippen LogP contribution is 2.11. The smallest absolute Gasteiger partial charge is 0.270 e. The first kappa shape index (κ1) is 16.0. The van der Waals surface area contributed by atoms with Crippen molar-refractivity contribution in [1.82, 2.24) is 10.2 Å². The third-order valence-corrected chi connectivity index (χ3v) is 3.64. The molecule has 6 nitrogen and oxygen atoms in total. The molecular formula is C18H18N2O4. The van der Waals surface area contributed by atoms with Crippen molar-refractivity contribution in [1.29, 1.82) is 0 Å². The number of hydrogen-bond acceptors (Lipinski definition) is 4. The van der Waals surface area contributed by atoms with Gasteiger partial charge in [0.25, 0.3) is 11.8 Å². The molecule has 6 heteroatoms. The summed E-state index contributed by atoms with van der Waals surface area (Å²) in [6.07, 6.45) is 3.06. The number of benzene rings is 1. The minimum absolute atomic E-state index is 0.181. The Labute approximate surface area is 139 Å².